The van der Waals surface area contributed by atoms with Gasteiger partial charge in [0.25, 0.3) is 0 Å². The van der Waals surface area contributed by atoms with Crippen LogP contribution in [-0.2, 0) is 6.54 Å². The van der Waals surface area contributed by atoms with Crippen molar-refractivity contribution in [2.45, 2.75) is 45.7 Å². The van der Waals surface area contributed by atoms with Crippen molar-refractivity contribution < 1.29 is 5.11 Å². The Balaban J connectivity index is 2.54. The van der Waals surface area contributed by atoms with Crippen LogP contribution < -0.4 is 5.32 Å². The van der Waals surface area contributed by atoms with Crippen molar-refractivity contribution in [2.24, 2.45) is 0 Å². The van der Waals surface area contributed by atoms with E-state index in [1.807, 2.05) is 25.6 Å². The van der Waals surface area contributed by atoms with Crippen LogP contribution in [0.3, 0.4) is 0 Å². The average Bonchev–Trinajstić information content (AvgIpc) is 2.57. The summed E-state index contributed by atoms with van der Waals surface area (Å²) in [4.78, 5) is 0. The molecule has 0 aliphatic heterocycles. The fourth-order valence-corrected chi connectivity index (χ4v) is 2.08. The highest BCUT2D eigenvalue weighted by atomic mass is 79.9. The predicted molar refractivity (Wildman–Crippen MR) is 73.2 cm³/mol. The zero-order valence-corrected chi connectivity index (χ0v) is 12.6. The van der Waals surface area contributed by atoms with Crippen LogP contribution in [0.2, 0.25) is 0 Å². The van der Waals surface area contributed by atoms with E-state index in [0.29, 0.717) is 0 Å². The lowest BCUT2D eigenvalue weighted by Crippen LogP contribution is -2.43. The molecule has 0 aromatic carbocycles. The Morgan fingerprint density at radius 3 is 2.53 bits per heavy atom. The van der Waals surface area contributed by atoms with Gasteiger partial charge in [-0.25, -0.2) is 0 Å². The van der Waals surface area contributed by atoms with E-state index in [4.69, 9.17) is 0 Å². The summed E-state index contributed by atoms with van der Waals surface area (Å²) in [6.07, 6.45) is 1.92. The first kappa shape index (κ1) is 14.7. The summed E-state index contributed by atoms with van der Waals surface area (Å²) >= 11 is 3.52. The van der Waals surface area contributed by atoms with E-state index in [-0.39, 0.29) is 12.1 Å². The van der Waals surface area contributed by atoms with E-state index in [1.54, 1.807) is 0 Å². The molecule has 1 aromatic heterocycles. The van der Waals surface area contributed by atoms with E-state index in [1.165, 1.54) is 0 Å². The van der Waals surface area contributed by atoms with Gasteiger partial charge in [-0.05, 0) is 56.6 Å². The van der Waals surface area contributed by atoms with Gasteiger partial charge >= 0.3 is 0 Å². The quantitative estimate of drug-likeness (QED) is 0.845. The Bertz CT molecular complexity index is 372. The second-order valence-corrected chi connectivity index (χ2v) is 5.57. The Morgan fingerprint density at radius 2 is 2.12 bits per heavy atom. The van der Waals surface area contributed by atoms with Gasteiger partial charge in [-0.1, -0.05) is 0 Å². The molecule has 5 heteroatoms. The first-order valence-electron chi connectivity index (χ1n) is 5.93. The van der Waals surface area contributed by atoms with Crippen molar-refractivity contribution in [3.05, 3.63) is 15.9 Å². The lowest BCUT2D eigenvalue weighted by Gasteiger charge is -2.26. The third-order valence-corrected chi connectivity index (χ3v) is 4.49. The van der Waals surface area contributed by atoms with Gasteiger partial charge in [0.05, 0.1) is 16.8 Å². The molecule has 0 saturated heterocycles. The van der Waals surface area contributed by atoms with Crippen LogP contribution in [0, 0.1) is 13.8 Å². The van der Waals surface area contributed by atoms with Gasteiger partial charge in [-0.2, -0.15) is 5.10 Å². The molecule has 0 radical (unpaired) electrons. The van der Waals surface area contributed by atoms with Gasteiger partial charge in [-0.3, -0.25) is 4.68 Å². The van der Waals surface area contributed by atoms with Gasteiger partial charge in [0, 0.05) is 17.8 Å². The maximum Gasteiger partial charge on any atom is 0.0738 e. The Labute approximate surface area is 112 Å². The standard InChI is InChI=1S/C12H22BrN3O/c1-9-11(13)10(2)16(15-9)7-5-6-12(3,8-17)14-4/h14,17H,5-8H2,1-4H3. The number of hydrogen-bond acceptors (Lipinski definition) is 3. The summed E-state index contributed by atoms with van der Waals surface area (Å²) in [7, 11) is 1.89. The number of aryl methyl sites for hydroxylation is 2. The average molecular weight is 304 g/mol. The van der Waals surface area contributed by atoms with Crippen LogP contribution in [0.4, 0.5) is 0 Å². The third kappa shape index (κ3) is 3.53. The molecule has 1 unspecified atom stereocenters. The maximum absolute atomic E-state index is 9.29. The van der Waals surface area contributed by atoms with Gasteiger partial charge < -0.3 is 10.4 Å². The number of aromatic nitrogens is 2. The van der Waals surface area contributed by atoms with Crippen LogP contribution in [0.15, 0.2) is 4.47 Å². The molecule has 0 bridgehead atoms. The summed E-state index contributed by atoms with van der Waals surface area (Å²) in [5.74, 6) is 0. The molecule has 0 aliphatic carbocycles. The molecular weight excluding hydrogens is 282 g/mol. The summed E-state index contributed by atoms with van der Waals surface area (Å²) in [5.41, 5.74) is 2.01. The fourth-order valence-electron chi connectivity index (χ4n) is 1.79. The molecule has 1 heterocycles. The highest BCUT2D eigenvalue weighted by Crippen LogP contribution is 2.20. The number of aliphatic hydroxyl groups excluding tert-OH is 1. The van der Waals surface area contributed by atoms with Crippen LogP contribution in [-0.4, -0.2) is 34.1 Å². The van der Waals surface area contributed by atoms with E-state index in [9.17, 15) is 5.11 Å². The molecule has 0 amide bonds. The minimum Gasteiger partial charge on any atom is -0.394 e. The molecule has 0 aliphatic rings. The van der Waals surface area contributed by atoms with Crippen molar-refractivity contribution in [1.29, 1.82) is 0 Å². The SMILES string of the molecule is CNC(C)(CO)CCCn1nc(C)c(Br)c1C. The monoisotopic (exact) mass is 303 g/mol. The second-order valence-electron chi connectivity index (χ2n) is 4.78. The second kappa shape index (κ2) is 5.98. The normalized spacial score (nSPS) is 14.9. The van der Waals surface area contributed by atoms with Crippen molar-refractivity contribution in [1.82, 2.24) is 15.1 Å². The number of nitrogens with one attached hydrogen (secondary N) is 1. The van der Waals surface area contributed by atoms with Crippen LogP contribution in [0.25, 0.3) is 0 Å². The summed E-state index contributed by atoms with van der Waals surface area (Å²) in [6, 6.07) is 0. The molecule has 1 aromatic rings. The highest BCUT2D eigenvalue weighted by Gasteiger charge is 2.20. The molecule has 17 heavy (non-hydrogen) atoms. The summed E-state index contributed by atoms with van der Waals surface area (Å²) in [6.45, 7) is 7.14. The number of halogens is 1. The van der Waals surface area contributed by atoms with E-state index in [2.05, 4.69) is 33.3 Å². The van der Waals surface area contributed by atoms with Crippen LogP contribution in [0.1, 0.15) is 31.2 Å². The third-order valence-electron chi connectivity index (χ3n) is 3.34. The number of nitrogens with zero attached hydrogens (tertiary/aromatic N) is 2. The number of rotatable bonds is 6. The van der Waals surface area contributed by atoms with Gasteiger partial charge in [0.1, 0.15) is 0 Å². The largest absolute Gasteiger partial charge is 0.394 e. The molecule has 98 valence electrons. The first-order valence-corrected chi connectivity index (χ1v) is 6.72. The minimum atomic E-state index is -0.187. The zero-order valence-electron chi connectivity index (χ0n) is 11.0. The molecule has 2 N–H and O–H groups in total. The lowest BCUT2D eigenvalue weighted by molar-refractivity contribution is 0.169. The molecule has 0 spiro atoms. The van der Waals surface area contributed by atoms with Gasteiger partial charge in [0.2, 0.25) is 0 Å². The van der Waals surface area contributed by atoms with Crippen molar-refractivity contribution in [2.75, 3.05) is 13.7 Å². The first-order chi connectivity index (χ1) is 7.93. The van der Waals surface area contributed by atoms with Gasteiger partial charge in [0.15, 0.2) is 0 Å². The fraction of sp³-hybridized carbons (Fsp3) is 0.750. The summed E-state index contributed by atoms with van der Waals surface area (Å²) < 4.78 is 3.11. The van der Waals surface area contributed by atoms with Crippen molar-refractivity contribution >= 4 is 15.9 Å². The highest BCUT2D eigenvalue weighted by molar-refractivity contribution is 9.10. The van der Waals surface area contributed by atoms with Crippen molar-refractivity contribution in [3.8, 4) is 0 Å². The smallest absolute Gasteiger partial charge is 0.0738 e. The molecule has 1 atom stereocenters. The minimum absolute atomic E-state index is 0.157. The maximum atomic E-state index is 9.29. The van der Waals surface area contributed by atoms with E-state index < -0.39 is 0 Å². The molecular formula is C12H22BrN3O. The number of hydrogen-bond donors (Lipinski definition) is 2. The molecule has 0 fully saturated rings. The molecule has 0 saturated carbocycles. The van der Waals surface area contributed by atoms with E-state index >= 15 is 0 Å². The Hall–Kier alpha value is -0.390. The Morgan fingerprint density at radius 1 is 1.47 bits per heavy atom. The predicted octanol–water partition coefficient (Wildman–Crippen LogP) is 2.01. The van der Waals surface area contributed by atoms with Crippen LogP contribution >= 0.6 is 15.9 Å². The number of likely N-dealkylation sites (N-methyl/N-ethyl adjacent to an activating group) is 1. The van der Waals surface area contributed by atoms with Gasteiger partial charge in [-0.15, -0.1) is 0 Å². The Kier molecular flexibility index (Phi) is 5.16. The molecule has 4 nitrogen and oxygen atoms in total. The summed E-state index contributed by atoms with van der Waals surface area (Å²) in [5, 5.41) is 16.9. The topological polar surface area (TPSA) is 50.1 Å². The lowest BCUT2D eigenvalue weighted by atomic mass is 9.97. The van der Waals surface area contributed by atoms with E-state index in [0.717, 1.165) is 35.2 Å². The van der Waals surface area contributed by atoms with Crippen molar-refractivity contribution in [3.63, 3.8) is 0 Å². The number of aliphatic hydroxyl groups is 1. The zero-order chi connectivity index (χ0) is 13.1. The van der Waals surface area contributed by atoms with Crippen LogP contribution in [0.5, 0.6) is 0 Å². The molecule has 1 rings (SSSR count).